The summed E-state index contributed by atoms with van der Waals surface area (Å²) in [5.41, 5.74) is 2.35. The van der Waals surface area contributed by atoms with E-state index < -0.39 is 5.97 Å². The van der Waals surface area contributed by atoms with Crippen LogP contribution in [-0.4, -0.2) is 54.7 Å². The molecule has 2 aromatic carbocycles. The Kier molecular flexibility index (Phi) is 6.32. The Labute approximate surface area is 138 Å². The summed E-state index contributed by atoms with van der Waals surface area (Å²) in [6, 6.07) is 17.0. The average molecular weight is 312 g/mol. The van der Waals surface area contributed by atoms with Crippen LogP contribution in [0.25, 0.3) is 0 Å². The number of rotatable bonds is 3. The van der Waals surface area contributed by atoms with Gasteiger partial charge in [0.25, 0.3) is 0 Å². The summed E-state index contributed by atoms with van der Waals surface area (Å²) in [6.45, 7) is 3.60. The third kappa shape index (κ3) is 5.51. The van der Waals surface area contributed by atoms with Crippen LogP contribution in [0.15, 0.2) is 54.6 Å². The van der Waals surface area contributed by atoms with Crippen LogP contribution < -0.4 is 0 Å². The lowest BCUT2D eigenvalue weighted by Crippen LogP contribution is -2.17. The summed E-state index contributed by atoms with van der Waals surface area (Å²) in [7, 11) is 4.28. The third-order valence-corrected chi connectivity index (χ3v) is 3.83. The quantitative estimate of drug-likeness (QED) is 0.946. The number of likely N-dealkylation sites (N-methyl/N-ethyl adjacent to an activating group) is 2. The number of hydrogen-bond donors (Lipinski definition) is 1. The van der Waals surface area contributed by atoms with Gasteiger partial charge in [-0.1, -0.05) is 48.5 Å². The molecule has 1 N–H and O–H groups in total. The molecule has 3 rings (SSSR count). The Hall–Kier alpha value is -2.17. The molecule has 1 fully saturated rings. The molecule has 1 aliphatic rings. The van der Waals surface area contributed by atoms with Crippen LogP contribution in [0.4, 0.5) is 0 Å². The van der Waals surface area contributed by atoms with E-state index in [4.69, 9.17) is 5.11 Å². The first-order valence-corrected chi connectivity index (χ1v) is 7.78. The fourth-order valence-electron chi connectivity index (χ4n) is 2.59. The normalized spacial score (nSPS) is 15.0. The Balaban J connectivity index is 0.000000229. The molecule has 0 aliphatic carbocycles. The molecule has 1 saturated heterocycles. The van der Waals surface area contributed by atoms with Crippen molar-refractivity contribution in [3.63, 3.8) is 0 Å². The van der Waals surface area contributed by atoms with E-state index in [0.717, 1.165) is 17.8 Å². The smallest absolute Gasteiger partial charge is 0.335 e. The Bertz CT molecular complexity index is 620. The van der Waals surface area contributed by atoms with Gasteiger partial charge in [-0.25, -0.2) is 4.79 Å². The predicted molar refractivity (Wildman–Crippen MR) is 92.8 cm³/mol. The molecule has 0 spiro atoms. The van der Waals surface area contributed by atoms with Gasteiger partial charge in [-0.3, -0.25) is 9.80 Å². The van der Waals surface area contributed by atoms with Crippen LogP contribution in [0.1, 0.15) is 21.5 Å². The van der Waals surface area contributed by atoms with Crippen LogP contribution in [0.3, 0.4) is 0 Å². The Morgan fingerprint density at radius 1 is 0.957 bits per heavy atom. The van der Waals surface area contributed by atoms with E-state index in [1.807, 2.05) is 42.5 Å². The molecule has 122 valence electrons. The predicted octanol–water partition coefficient (Wildman–Crippen LogP) is 2.80. The van der Waals surface area contributed by atoms with Crippen LogP contribution in [0.5, 0.6) is 0 Å². The van der Waals surface area contributed by atoms with Gasteiger partial charge in [0.05, 0.1) is 12.2 Å². The van der Waals surface area contributed by atoms with Gasteiger partial charge < -0.3 is 5.11 Å². The highest BCUT2D eigenvalue weighted by Gasteiger charge is 2.10. The molecule has 0 bridgehead atoms. The summed E-state index contributed by atoms with van der Waals surface area (Å²) in [5, 5.41) is 9.04. The summed E-state index contributed by atoms with van der Waals surface area (Å²) in [4.78, 5) is 15.6. The Morgan fingerprint density at radius 2 is 1.52 bits per heavy atom. The van der Waals surface area contributed by atoms with Crippen molar-refractivity contribution in [2.45, 2.75) is 6.42 Å². The molecule has 23 heavy (non-hydrogen) atoms. The summed E-state index contributed by atoms with van der Waals surface area (Å²) < 4.78 is 0. The van der Waals surface area contributed by atoms with E-state index in [9.17, 15) is 4.79 Å². The lowest BCUT2D eigenvalue weighted by atomic mass is 10.00. The second-order valence-corrected chi connectivity index (χ2v) is 5.93. The van der Waals surface area contributed by atoms with Gasteiger partial charge in [0.1, 0.15) is 0 Å². The van der Waals surface area contributed by atoms with Crippen molar-refractivity contribution in [1.82, 2.24) is 9.80 Å². The summed E-state index contributed by atoms with van der Waals surface area (Å²) in [5.74, 6) is -0.869. The first kappa shape index (κ1) is 17.2. The summed E-state index contributed by atoms with van der Waals surface area (Å²) >= 11 is 0. The first-order valence-electron chi connectivity index (χ1n) is 7.78. The minimum atomic E-state index is -0.869. The molecule has 0 aromatic heterocycles. The number of aromatic carboxylic acids is 1. The van der Waals surface area contributed by atoms with Crippen molar-refractivity contribution in [3.8, 4) is 0 Å². The van der Waals surface area contributed by atoms with E-state index in [-0.39, 0.29) is 0 Å². The van der Waals surface area contributed by atoms with Gasteiger partial charge in [-0.2, -0.15) is 0 Å². The molecule has 0 unspecified atom stereocenters. The lowest BCUT2D eigenvalue weighted by molar-refractivity contribution is 0.0696. The molecule has 1 aliphatic heterocycles. The maximum Gasteiger partial charge on any atom is 0.335 e. The molecule has 2 aromatic rings. The maximum atomic E-state index is 11.0. The highest BCUT2D eigenvalue weighted by molar-refractivity contribution is 5.89. The van der Waals surface area contributed by atoms with E-state index >= 15 is 0 Å². The van der Waals surface area contributed by atoms with Crippen LogP contribution in [-0.2, 0) is 6.42 Å². The first-order chi connectivity index (χ1) is 11.1. The standard InChI is InChI=1S/C14H12O2.C5H12N2/c15-14(16)13-9-5-4-8-12(13)10-11-6-2-1-3-7-11;1-6-3-4-7(2)5-6/h1-9H,10H2,(H,15,16);3-5H2,1-2H3. The molecule has 0 saturated carbocycles. The van der Waals surface area contributed by atoms with Crippen molar-refractivity contribution < 1.29 is 9.90 Å². The zero-order valence-electron chi connectivity index (χ0n) is 13.8. The van der Waals surface area contributed by atoms with Gasteiger partial charge in [0.2, 0.25) is 0 Å². The van der Waals surface area contributed by atoms with Gasteiger partial charge >= 0.3 is 5.97 Å². The van der Waals surface area contributed by atoms with Gasteiger partial charge in [0.15, 0.2) is 0 Å². The number of carbonyl (C=O) groups is 1. The fourth-order valence-corrected chi connectivity index (χ4v) is 2.59. The van der Waals surface area contributed by atoms with Gasteiger partial charge in [-0.15, -0.1) is 0 Å². The summed E-state index contributed by atoms with van der Waals surface area (Å²) in [6.07, 6.45) is 0.656. The second kappa shape index (κ2) is 8.46. The molecule has 1 heterocycles. The van der Waals surface area contributed by atoms with Crippen molar-refractivity contribution in [1.29, 1.82) is 0 Å². The van der Waals surface area contributed by atoms with Crippen molar-refractivity contribution >= 4 is 5.97 Å². The number of benzene rings is 2. The minimum Gasteiger partial charge on any atom is -0.478 e. The Morgan fingerprint density at radius 3 is 2.04 bits per heavy atom. The van der Waals surface area contributed by atoms with Gasteiger partial charge in [-0.05, 0) is 37.7 Å². The zero-order chi connectivity index (χ0) is 16.7. The average Bonchev–Trinajstić information content (AvgIpc) is 2.92. The van der Waals surface area contributed by atoms with E-state index in [1.54, 1.807) is 12.1 Å². The molecule has 4 heteroatoms. The molecular formula is C19H24N2O2. The van der Waals surface area contributed by atoms with Crippen molar-refractivity contribution in [2.24, 2.45) is 0 Å². The third-order valence-electron chi connectivity index (χ3n) is 3.83. The van der Waals surface area contributed by atoms with Crippen LogP contribution in [0, 0.1) is 0 Å². The molecule has 0 amide bonds. The maximum absolute atomic E-state index is 11.0. The van der Waals surface area contributed by atoms with E-state index in [2.05, 4.69) is 23.9 Å². The minimum absolute atomic E-state index is 0.381. The number of nitrogens with zero attached hydrogens (tertiary/aromatic N) is 2. The largest absolute Gasteiger partial charge is 0.478 e. The molecule has 0 radical (unpaired) electrons. The van der Waals surface area contributed by atoms with E-state index in [0.29, 0.717) is 12.0 Å². The number of hydrogen-bond acceptors (Lipinski definition) is 3. The number of carboxylic acids is 1. The highest BCUT2D eigenvalue weighted by atomic mass is 16.4. The lowest BCUT2D eigenvalue weighted by Gasteiger charge is -2.06. The van der Waals surface area contributed by atoms with Gasteiger partial charge in [0, 0.05) is 13.1 Å². The monoisotopic (exact) mass is 312 g/mol. The highest BCUT2D eigenvalue weighted by Crippen LogP contribution is 2.14. The SMILES string of the molecule is CN1CCN(C)C1.O=C(O)c1ccccc1Cc1ccccc1. The van der Waals surface area contributed by atoms with Crippen LogP contribution in [0.2, 0.25) is 0 Å². The fraction of sp³-hybridized carbons (Fsp3) is 0.316. The topological polar surface area (TPSA) is 43.8 Å². The van der Waals surface area contributed by atoms with Crippen molar-refractivity contribution in [2.75, 3.05) is 33.9 Å². The molecule has 0 atom stereocenters. The zero-order valence-corrected chi connectivity index (χ0v) is 13.8. The van der Waals surface area contributed by atoms with E-state index in [1.165, 1.54) is 13.1 Å². The molecular weight excluding hydrogens is 288 g/mol. The van der Waals surface area contributed by atoms with Crippen molar-refractivity contribution in [3.05, 3.63) is 71.3 Å². The number of carboxylic acid groups (broad SMARTS) is 1. The van der Waals surface area contributed by atoms with Crippen LogP contribution >= 0.6 is 0 Å². The second-order valence-electron chi connectivity index (χ2n) is 5.93. The molecule has 4 nitrogen and oxygen atoms in total.